The molecule has 1 aliphatic rings. The number of hydroxylamine groups is 1. The maximum atomic E-state index is 12.5. The van der Waals surface area contributed by atoms with Gasteiger partial charge < -0.3 is 25.2 Å². The molecule has 1 aliphatic heterocycles. The SMILES string of the molecule is N=C(N)NOCCCOc1cc(Cl)cc(C(=O)N2CCOCC2)c1.O=C(O)C(F)(F)F. The molecule has 31 heavy (non-hydrogen) atoms. The number of carbonyl (C=O) groups is 2. The molecule has 2 rings (SSSR count). The number of nitrogens with one attached hydrogen (secondary N) is 2. The zero-order valence-electron chi connectivity index (χ0n) is 16.2. The number of nitrogens with zero attached hydrogens (tertiary/aromatic N) is 1. The first kappa shape index (κ1) is 26.3. The van der Waals surface area contributed by atoms with Crippen molar-refractivity contribution in [2.45, 2.75) is 12.6 Å². The first-order valence-corrected chi connectivity index (χ1v) is 9.21. The molecule has 1 saturated heterocycles. The van der Waals surface area contributed by atoms with Crippen LogP contribution in [0.3, 0.4) is 0 Å². The van der Waals surface area contributed by atoms with E-state index in [0.29, 0.717) is 62.3 Å². The van der Waals surface area contributed by atoms with Crippen LogP contribution in [0.5, 0.6) is 5.75 Å². The zero-order chi connectivity index (χ0) is 23.4. The van der Waals surface area contributed by atoms with E-state index in [2.05, 4.69) is 5.48 Å². The molecule has 0 radical (unpaired) electrons. The van der Waals surface area contributed by atoms with Gasteiger partial charge >= 0.3 is 12.1 Å². The Balaban J connectivity index is 0.000000592. The second-order valence-corrected chi connectivity index (χ2v) is 6.39. The summed E-state index contributed by atoms with van der Waals surface area (Å²) >= 11 is 6.08. The van der Waals surface area contributed by atoms with Crippen molar-refractivity contribution in [2.75, 3.05) is 39.5 Å². The first-order valence-electron chi connectivity index (χ1n) is 8.83. The standard InChI is InChI=1S/C15H21ClN4O4.C2HF3O2/c16-12-8-11(14(21)20-2-6-22-7-3-20)9-13(10-12)23-4-1-5-24-19-15(17)18;3-2(4,5)1(6)7/h8-10H,1-7H2,(H4,17,18,19);(H,6,7). The lowest BCUT2D eigenvalue weighted by Crippen LogP contribution is -2.40. The molecule has 0 saturated carbocycles. The highest BCUT2D eigenvalue weighted by atomic mass is 35.5. The fraction of sp³-hybridized carbons (Fsp3) is 0.471. The van der Waals surface area contributed by atoms with Crippen LogP contribution < -0.4 is 16.0 Å². The van der Waals surface area contributed by atoms with Gasteiger partial charge in [0.25, 0.3) is 5.91 Å². The fourth-order valence-corrected chi connectivity index (χ4v) is 2.39. The fourth-order valence-electron chi connectivity index (χ4n) is 2.17. The molecule has 0 spiro atoms. The van der Waals surface area contributed by atoms with Crippen molar-refractivity contribution < 1.29 is 42.2 Å². The average Bonchev–Trinajstić information content (AvgIpc) is 2.70. The molecule has 10 nitrogen and oxygen atoms in total. The van der Waals surface area contributed by atoms with Gasteiger partial charge in [0.2, 0.25) is 5.96 Å². The summed E-state index contributed by atoms with van der Waals surface area (Å²) in [7, 11) is 0. The number of guanidine groups is 1. The molecule has 0 atom stereocenters. The number of benzene rings is 1. The summed E-state index contributed by atoms with van der Waals surface area (Å²) in [5.41, 5.74) is 7.81. The summed E-state index contributed by atoms with van der Waals surface area (Å²) < 4.78 is 42.6. The van der Waals surface area contributed by atoms with Crippen LogP contribution in [-0.2, 0) is 14.4 Å². The number of hydrogen-bond acceptors (Lipinski definition) is 6. The first-order chi connectivity index (χ1) is 14.5. The predicted molar refractivity (Wildman–Crippen MR) is 103 cm³/mol. The number of aliphatic carboxylic acids is 1. The summed E-state index contributed by atoms with van der Waals surface area (Å²) in [6.45, 7) is 2.95. The number of morpholine rings is 1. The number of hydrogen-bond donors (Lipinski definition) is 4. The summed E-state index contributed by atoms with van der Waals surface area (Å²) in [6, 6.07) is 4.97. The van der Waals surface area contributed by atoms with Crippen LogP contribution in [0.1, 0.15) is 16.8 Å². The Morgan fingerprint density at radius 3 is 2.42 bits per heavy atom. The van der Waals surface area contributed by atoms with E-state index < -0.39 is 12.1 Å². The third kappa shape index (κ3) is 10.7. The second kappa shape index (κ2) is 12.8. The summed E-state index contributed by atoms with van der Waals surface area (Å²) in [6.07, 6.45) is -4.50. The van der Waals surface area contributed by atoms with Crippen molar-refractivity contribution in [1.29, 1.82) is 5.41 Å². The minimum atomic E-state index is -5.08. The summed E-state index contributed by atoms with van der Waals surface area (Å²) in [5.74, 6) is -2.57. The summed E-state index contributed by atoms with van der Waals surface area (Å²) in [5, 5.41) is 14.5. The minimum absolute atomic E-state index is 0.0837. The normalized spacial score (nSPS) is 13.6. The molecule has 14 heteroatoms. The van der Waals surface area contributed by atoms with Gasteiger partial charge in [0, 0.05) is 30.1 Å². The van der Waals surface area contributed by atoms with Gasteiger partial charge in [-0.05, 0) is 18.2 Å². The van der Waals surface area contributed by atoms with Crippen LogP contribution >= 0.6 is 11.6 Å². The molecule has 0 aromatic heterocycles. The number of carboxylic acid groups (broad SMARTS) is 1. The molecule has 0 bridgehead atoms. The number of nitrogens with two attached hydrogens (primary N) is 1. The van der Waals surface area contributed by atoms with Crippen LogP contribution in [0.15, 0.2) is 18.2 Å². The smallest absolute Gasteiger partial charge is 0.490 e. The van der Waals surface area contributed by atoms with Gasteiger partial charge in [-0.1, -0.05) is 11.6 Å². The lowest BCUT2D eigenvalue weighted by molar-refractivity contribution is -0.192. The van der Waals surface area contributed by atoms with Gasteiger partial charge in [-0.3, -0.25) is 15.0 Å². The quantitative estimate of drug-likeness (QED) is 0.203. The van der Waals surface area contributed by atoms with E-state index >= 15 is 0 Å². The molecule has 1 aromatic carbocycles. The van der Waals surface area contributed by atoms with Crippen molar-refractivity contribution >= 4 is 29.4 Å². The average molecular weight is 471 g/mol. The van der Waals surface area contributed by atoms with E-state index in [1.54, 1.807) is 23.1 Å². The van der Waals surface area contributed by atoms with Crippen molar-refractivity contribution in [3.63, 3.8) is 0 Å². The van der Waals surface area contributed by atoms with Crippen molar-refractivity contribution in [3.8, 4) is 5.75 Å². The second-order valence-electron chi connectivity index (χ2n) is 5.95. The monoisotopic (exact) mass is 470 g/mol. The zero-order valence-corrected chi connectivity index (χ0v) is 17.0. The van der Waals surface area contributed by atoms with E-state index in [4.69, 9.17) is 47.0 Å². The molecule has 0 aliphatic carbocycles. The highest BCUT2D eigenvalue weighted by Gasteiger charge is 2.38. The van der Waals surface area contributed by atoms with Gasteiger partial charge in [-0.25, -0.2) is 10.3 Å². The molecule has 1 fully saturated rings. The molecular weight excluding hydrogens is 449 g/mol. The van der Waals surface area contributed by atoms with Crippen LogP contribution in [0, 0.1) is 5.41 Å². The number of ether oxygens (including phenoxy) is 2. The Bertz CT molecular complexity index is 760. The van der Waals surface area contributed by atoms with Crippen LogP contribution in [0.25, 0.3) is 0 Å². The van der Waals surface area contributed by atoms with Crippen LogP contribution in [0.2, 0.25) is 5.02 Å². The van der Waals surface area contributed by atoms with Crippen molar-refractivity contribution in [2.24, 2.45) is 5.73 Å². The van der Waals surface area contributed by atoms with E-state index in [1.807, 2.05) is 0 Å². The number of amides is 1. The Hall–Kier alpha value is -2.77. The molecule has 174 valence electrons. The Morgan fingerprint density at radius 1 is 1.26 bits per heavy atom. The van der Waals surface area contributed by atoms with Crippen LogP contribution in [0.4, 0.5) is 13.2 Å². The van der Waals surface area contributed by atoms with Gasteiger partial charge in [-0.15, -0.1) is 0 Å². The number of halogens is 4. The number of carbonyl (C=O) groups excluding carboxylic acids is 1. The predicted octanol–water partition coefficient (Wildman–Crippen LogP) is 1.63. The minimum Gasteiger partial charge on any atom is -0.493 e. The highest BCUT2D eigenvalue weighted by Crippen LogP contribution is 2.22. The Morgan fingerprint density at radius 2 is 1.87 bits per heavy atom. The molecule has 1 heterocycles. The molecule has 5 N–H and O–H groups in total. The van der Waals surface area contributed by atoms with Gasteiger partial charge in [0.15, 0.2) is 0 Å². The topological polar surface area (TPSA) is 147 Å². The Kier molecular flexibility index (Phi) is 10.9. The lowest BCUT2D eigenvalue weighted by Gasteiger charge is -2.27. The third-order valence-electron chi connectivity index (χ3n) is 3.50. The van der Waals surface area contributed by atoms with Gasteiger partial charge in [0.1, 0.15) is 5.75 Å². The highest BCUT2D eigenvalue weighted by molar-refractivity contribution is 6.31. The molecular formula is C17H22ClF3N4O6. The lowest BCUT2D eigenvalue weighted by atomic mass is 10.2. The van der Waals surface area contributed by atoms with E-state index in [-0.39, 0.29) is 11.9 Å². The van der Waals surface area contributed by atoms with Crippen molar-refractivity contribution in [1.82, 2.24) is 10.4 Å². The van der Waals surface area contributed by atoms with Crippen LogP contribution in [-0.4, -0.2) is 73.5 Å². The Labute approximate surface area is 180 Å². The maximum Gasteiger partial charge on any atom is 0.490 e. The number of alkyl halides is 3. The van der Waals surface area contributed by atoms with E-state index in [9.17, 15) is 18.0 Å². The van der Waals surface area contributed by atoms with Gasteiger partial charge in [0.05, 0.1) is 26.4 Å². The number of carboxylic acids is 1. The summed E-state index contributed by atoms with van der Waals surface area (Å²) in [4.78, 5) is 28.0. The largest absolute Gasteiger partial charge is 0.493 e. The molecule has 1 aromatic rings. The maximum absolute atomic E-state index is 12.5. The number of rotatable bonds is 7. The van der Waals surface area contributed by atoms with E-state index in [1.165, 1.54) is 0 Å². The molecule has 1 amide bonds. The third-order valence-corrected chi connectivity index (χ3v) is 3.72. The molecule has 0 unspecified atom stereocenters. The van der Waals surface area contributed by atoms with Gasteiger partial charge in [-0.2, -0.15) is 13.2 Å². The van der Waals surface area contributed by atoms with E-state index in [0.717, 1.165) is 0 Å². The van der Waals surface area contributed by atoms with Crippen molar-refractivity contribution in [3.05, 3.63) is 28.8 Å².